The third kappa shape index (κ3) is 6.08. The molecule has 0 saturated carbocycles. The van der Waals surface area contributed by atoms with Gasteiger partial charge in [-0.25, -0.2) is 13.1 Å². The number of hydrogen-bond donors (Lipinski definition) is 2. The first-order valence-electron chi connectivity index (χ1n) is 2.73. The van der Waals surface area contributed by atoms with E-state index in [9.17, 15) is 13.2 Å². The zero-order valence-corrected chi connectivity index (χ0v) is 7.15. The Morgan fingerprint density at radius 2 is 2.09 bits per heavy atom. The van der Waals surface area contributed by atoms with Crippen molar-refractivity contribution in [2.24, 2.45) is 0 Å². The lowest BCUT2D eigenvalue weighted by Crippen LogP contribution is -2.26. The maximum absolute atomic E-state index is 10.5. The number of aliphatic carboxylic acids is 1. The molecule has 0 aliphatic heterocycles. The maximum atomic E-state index is 10.5. The van der Waals surface area contributed by atoms with Crippen molar-refractivity contribution in [3.63, 3.8) is 0 Å². The van der Waals surface area contributed by atoms with Gasteiger partial charge in [0, 0.05) is 6.54 Å². The van der Waals surface area contributed by atoms with Gasteiger partial charge in [-0.15, -0.1) is 11.6 Å². The Morgan fingerprint density at radius 3 is 2.45 bits per heavy atom. The van der Waals surface area contributed by atoms with Crippen LogP contribution in [0, 0.1) is 0 Å². The van der Waals surface area contributed by atoms with Crippen LogP contribution in [0.3, 0.4) is 0 Å². The Morgan fingerprint density at radius 1 is 1.55 bits per heavy atom. The molecule has 7 heteroatoms. The van der Waals surface area contributed by atoms with E-state index in [-0.39, 0.29) is 13.0 Å². The molecule has 11 heavy (non-hydrogen) atoms. The third-order valence-electron chi connectivity index (χ3n) is 0.804. The van der Waals surface area contributed by atoms with Crippen LogP contribution in [0.1, 0.15) is 6.42 Å². The molecule has 5 nitrogen and oxygen atoms in total. The van der Waals surface area contributed by atoms with E-state index < -0.39 is 21.2 Å². The number of nitrogens with one attached hydrogen (secondary N) is 1. The van der Waals surface area contributed by atoms with Crippen molar-refractivity contribution in [3.8, 4) is 0 Å². The molecule has 0 aliphatic carbocycles. The number of halogens is 1. The molecule has 0 spiro atoms. The maximum Gasteiger partial charge on any atom is 0.304 e. The lowest BCUT2D eigenvalue weighted by atomic mass is 10.5. The molecule has 66 valence electrons. The van der Waals surface area contributed by atoms with Crippen molar-refractivity contribution in [1.82, 2.24) is 4.72 Å². The van der Waals surface area contributed by atoms with Gasteiger partial charge in [0.2, 0.25) is 10.0 Å². The predicted octanol–water partition coefficient (Wildman–Crippen LogP) is -0.423. The summed E-state index contributed by atoms with van der Waals surface area (Å²) in [4.78, 5) is 9.91. The number of rotatable bonds is 5. The van der Waals surface area contributed by atoms with Gasteiger partial charge in [0.1, 0.15) is 5.21 Å². The summed E-state index contributed by atoms with van der Waals surface area (Å²) in [5, 5.41) is 7.57. The Labute approximate surface area is 69.4 Å². The molecule has 0 aromatic rings. The van der Waals surface area contributed by atoms with E-state index in [1.54, 1.807) is 0 Å². The minimum atomic E-state index is -3.46. The van der Waals surface area contributed by atoms with Crippen LogP contribution in [0.4, 0.5) is 0 Å². The first-order valence-corrected chi connectivity index (χ1v) is 4.92. The fraction of sp³-hybridized carbons (Fsp3) is 0.750. The SMILES string of the molecule is O=C(O)CCNS(=O)(=O)CCl. The number of carboxylic acid groups (broad SMARTS) is 1. The van der Waals surface area contributed by atoms with Gasteiger partial charge in [0.15, 0.2) is 0 Å². The van der Waals surface area contributed by atoms with Crippen molar-refractivity contribution in [2.45, 2.75) is 6.42 Å². The molecule has 0 atom stereocenters. The summed E-state index contributed by atoms with van der Waals surface area (Å²) in [5.74, 6) is -1.05. The summed E-state index contributed by atoms with van der Waals surface area (Å²) < 4.78 is 23.1. The molecule has 0 fully saturated rings. The summed E-state index contributed by atoms with van der Waals surface area (Å²) in [6.45, 7) is -0.121. The molecule has 2 N–H and O–H groups in total. The van der Waals surface area contributed by atoms with Crippen LogP contribution in [-0.4, -0.2) is 31.3 Å². The van der Waals surface area contributed by atoms with E-state index in [1.165, 1.54) is 0 Å². The molecule has 0 rings (SSSR count). The van der Waals surface area contributed by atoms with E-state index in [4.69, 9.17) is 16.7 Å². The average Bonchev–Trinajstić information content (AvgIpc) is 1.87. The molecule has 0 bridgehead atoms. The fourth-order valence-corrected chi connectivity index (χ4v) is 1.07. The second kappa shape index (κ2) is 4.53. The Balaban J connectivity index is 3.63. The van der Waals surface area contributed by atoms with Gasteiger partial charge in [0.25, 0.3) is 0 Å². The Hall–Kier alpha value is -0.330. The average molecular weight is 202 g/mol. The lowest BCUT2D eigenvalue weighted by molar-refractivity contribution is -0.136. The van der Waals surface area contributed by atoms with Crippen molar-refractivity contribution in [3.05, 3.63) is 0 Å². The summed E-state index contributed by atoms with van der Waals surface area (Å²) in [7, 11) is -3.46. The van der Waals surface area contributed by atoms with Gasteiger partial charge in [-0.1, -0.05) is 0 Å². The number of alkyl halides is 1. The van der Waals surface area contributed by atoms with E-state index >= 15 is 0 Å². The van der Waals surface area contributed by atoms with E-state index in [2.05, 4.69) is 0 Å². The van der Waals surface area contributed by atoms with Gasteiger partial charge in [0.05, 0.1) is 6.42 Å². The summed E-state index contributed by atoms with van der Waals surface area (Å²) in [6.07, 6.45) is -0.240. The van der Waals surface area contributed by atoms with Gasteiger partial charge >= 0.3 is 5.97 Å². The quantitative estimate of drug-likeness (QED) is 0.592. The minimum Gasteiger partial charge on any atom is -0.481 e. The lowest BCUT2D eigenvalue weighted by Gasteiger charge is -1.99. The second-order valence-electron chi connectivity index (χ2n) is 1.76. The molecule has 0 saturated heterocycles. The van der Waals surface area contributed by atoms with E-state index in [0.717, 1.165) is 0 Å². The van der Waals surface area contributed by atoms with Crippen molar-refractivity contribution in [2.75, 3.05) is 11.8 Å². The number of carbonyl (C=O) groups is 1. The van der Waals surface area contributed by atoms with Crippen molar-refractivity contribution in [1.29, 1.82) is 0 Å². The normalized spacial score (nSPS) is 11.4. The summed E-state index contributed by atoms with van der Waals surface area (Å²) in [5.41, 5.74) is 0. The second-order valence-corrected chi connectivity index (χ2v) is 4.15. The van der Waals surface area contributed by atoms with Crippen LogP contribution in [-0.2, 0) is 14.8 Å². The molecule has 0 radical (unpaired) electrons. The Bertz CT molecular complexity index is 224. The summed E-state index contributed by atoms with van der Waals surface area (Å²) in [6, 6.07) is 0. The smallest absolute Gasteiger partial charge is 0.304 e. The zero-order chi connectivity index (χ0) is 8.91. The molecular weight excluding hydrogens is 194 g/mol. The summed E-state index contributed by atoms with van der Waals surface area (Å²) >= 11 is 5.01. The van der Waals surface area contributed by atoms with Crippen LogP contribution in [0.25, 0.3) is 0 Å². The molecule has 0 aliphatic rings. The standard InChI is InChI=1S/C4H8ClNO4S/c5-3-11(9,10)6-2-1-4(7)8/h6H,1-3H2,(H,7,8). The highest BCUT2D eigenvalue weighted by atomic mass is 35.5. The van der Waals surface area contributed by atoms with Crippen LogP contribution < -0.4 is 4.72 Å². The first-order chi connectivity index (χ1) is 4.98. The molecule has 0 aromatic heterocycles. The highest BCUT2D eigenvalue weighted by Gasteiger charge is 2.07. The van der Waals surface area contributed by atoms with E-state index in [1.807, 2.05) is 4.72 Å². The minimum absolute atomic E-state index is 0.121. The van der Waals surface area contributed by atoms with Gasteiger partial charge < -0.3 is 5.11 Å². The molecular formula is C4H8ClNO4S. The molecule has 0 aromatic carbocycles. The van der Waals surface area contributed by atoms with Gasteiger partial charge in [-0.2, -0.15) is 0 Å². The van der Waals surface area contributed by atoms with Crippen molar-refractivity contribution >= 4 is 27.6 Å². The molecule has 0 heterocycles. The van der Waals surface area contributed by atoms with Crippen LogP contribution >= 0.6 is 11.6 Å². The fourth-order valence-electron chi connectivity index (χ4n) is 0.352. The largest absolute Gasteiger partial charge is 0.481 e. The van der Waals surface area contributed by atoms with Crippen LogP contribution in [0.2, 0.25) is 0 Å². The first kappa shape index (κ1) is 10.7. The highest BCUT2D eigenvalue weighted by molar-refractivity contribution is 7.90. The van der Waals surface area contributed by atoms with Crippen molar-refractivity contribution < 1.29 is 18.3 Å². The third-order valence-corrected chi connectivity index (χ3v) is 2.60. The van der Waals surface area contributed by atoms with Crippen LogP contribution in [0.15, 0.2) is 0 Å². The number of carboxylic acids is 1. The van der Waals surface area contributed by atoms with Gasteiger partial charge in [-0.3, -0.25) is 4.79 Å². The number of hydrogen-bond acceptors (Lipinski definition) is 3. The van der Waals surface area contributed by atoms with Crippen LogP contribution in [0.5, 0.6) is 0 Å². The monoisotopic (exact) mass is 201 g/mol. The predicted molar refractivity (Wildman–Crippen MR) is 39.9 cm³/mol. The Kier molecular flexibility index (Phi) is 4.39. The van der Waals surface area contributed by atoms with E-state index in [0.29, 0.717) is 0 Å². The molecule has 0 amide bonds. The zero-order valence-electron chi connectivity index (χ0n) is 5.58. The topological polar surface area (TPSA) is 83.5 Å². The van der Waals surface area contributed by atoms with Gasteiger partial charge in [-0.05, 0) is 0 Å². The highest BCUT2D eigenvalue weighted by Crippen LogP contribution is 1.87. The molecule has 0 unspecified atom stereocenters. The number of sulfonamides is 1.